The summed E-state index contributed by atoms with van der Waals surface area (Å²) < 4.78 is 0. The maximum Gasteiger partial charge on any atom is 0.133 e. The topological polar surface area (TPSA) is 47.6 Å². The Morgan fingerprint density at radius 1 is 1.36 bits per heavy atom. The molecule has 0 amide bonds. The predicted octanol–water partition coefficient (Wildman–Crippen LogP) is 2.36. The quantitative estimate of drug-likeness (QED) is 0.382. The van der Waals surface area contributed by atoms with E-state index in [-0.39, 0.29) is 0 Å². The van der Waals surface area contributed by atoms with E-state index in [1.165, 1.54) is 23.5 Å². The van der Waals surface area contributed by atoms with Crippen molar-refractivity contribution in [2.24, 2.45) is 0 Å². The second-order valence-corrected chi connectivity index (χ2v) is 3.40. The molecular formula is C7H8N2S2. The van der Waals surface area contributed by atoms with Gasteiger partial charge in [-0.1, -0.05) is 11.6 Å². The molecule has 0 atom stereocenters. The third-order valence-corrected chi connectivity index (χ3v) is 2.14. The first-order valence-electron chi connectivity index (χ1n) is 2.98. The zero-order valence-electron chi connectivity index (χ0n) is 6.20. The van der Waals surface area contributed by atoms with Crippen molar-refractivity contribution in [2.45, 2.75) is 6.92 Å². The van der Waals surface area contributed by atoms with Crippen LogP contribution in [0, 0.1) is 21.3 Å². The SMILES string of the molecule is CC(=CCSC#N)CSC#N. The van der Waals surface area contributed by atoms with Crippen LogP contribution in [0.15, 0.2) is 11.6 Å². The lowest BCUT2D eigenvalue weighted by molar-refractivity contribution is 1.39. The minimum absolute atomic E-state index is 0.717. The van der Waals surface area contributed by atoms with Crippen LogP contribution < -0.4 is 0 Å². The molecule has 4 heteroatoms. The number of hydrogen-bond donors (Lipinski definition) is 0. The Labute approximate surface area is 75.3 Å². The van der Waals surface area contributed by atoms with Gasteiger partial charge in [0.15, 0.2) is 0 Å². The highest BCUT2D eigenvalue weighted by molar-refractivity contribution is 8.04. The Morgan fingerprint density at radius 3 is 2.55 bits per heavy atom. The number of hydrogen-bond acceptors (Lipinski definition) is 4. The van der Waals surface area contributed by atoms with Crippen molar-refractivity contribution < 1.29 is 0 Å². The van der Waals surface area contributed by atoms with Gasteiger partial charge >= 0.3 is 0 Å². The monoisotopic (exact) mass is 184 g/mol. The third-order valence-electron chi connectivity index (χ3n) is 0.944. The largest absolute Gasteiger partial charge is 0.185 e. The summed E-state index contributed by atoms with van der Waals surface area (Å²) in [7, 11) is 0. The highest BCUT2D eigenvalue weighted by atomic mass is 32.2. The molecule has 0 aromatic heterocycles. The van der Waals surface area contributed by atoms with Crippen LogP contribution in [0.2, 0.25) is 0 Å². The fraction of sp³-hybridized carbons (Fsp3) is 0.429. The smallest absolute Gasteiger partial charge is 0.133 e. The fourth-order valence-electron chi connectivity index (χ4n) is 0.426. The molecule has 0 N–H and O–H groups in total. The minimum Gasteiger partial charge on any atom is -0.185 e. The molecule has 0 fully saturated rings. The van der Waals surface area contributed by atoms with Gasteiger partial charge in [-0.05, 0) is 30.4 Å². The van der Waals surface area contributed by atoms with Crippen molar-refractivity contribution in [1.29, 1.82) is 10.5 Å². The van der Waals surface area contributed by atoms with Crippen LogP contribution in [-0.2, 0) is 0 Å². The van der Waals surface area contributed by atoms with Gasteiger partial charge in [0, 0.05) is 11.5 Å². The van der Waals surface area contributed by atoms with Gasteiger partial charge in [0.25, 0.3) is 0 Å². The zero-order valence-corrected chi connectivity index (χ0v) is 7.84. The maximum atomic E-state index is 8.21. The standard InChI is InChI=1S/C7H8N2S2/c1-7(4-11-6-9)2-3-10-5-8/h2H,3-4H2,1H3. The first-order chi connectivity index (χ1) is 5.31. The summed E-state index contributed by atoms with van der Waals surface area (Å²) in [6.45, 7) is 1.96. The molecule has 0 heterocycles. The van der Waals surface area contributed by atoms with Crippen LogP contribution in [0.3, 0.4) is 0 Å². The minimum atomic E-state index is 0.717. The van der Waals surface area contributed by atoms with E-state index in [4.69, 9.17) is 10.5 Å². The van der Waals surface area contributed by atoms with E-state index in [1.807, 2.05) is 23.8 Å². The molecular weight excluding hydrogens is 176 g/mol. The van der Waals surface area contributed by atoms with Crippen molar-refractivity contribution in [1.82, 2.24) is 0 Å². The average Bonchev–Trinajstić information content (AvgIpc) is 2.01. The number of thiocyanates is 2. The second kappa shape index (κ2) is 7.53. The number of nitriles is 2. The van der Waals surface area contributed by atoms with Crippen LogP contribution in [0.25, 0.3) is 0 Å². The summed E-state index contributed by atoms with van der Waals surface area (Å²) in [4.78, 5) is 0. The second-order valence-electron chi connectivity index (χ2n) is 1.83. The maximum absolute atomic E-state index is 8.21. The number of thioether (sulfide) groups is 2. The molecule has 0 spiro atoms. The molecule has 0 saturated carbocycles. The fourth-order valence-corrected chi connectivity index (χ4v) is 1.28. The van der Waals surface area contributed by atoms with Gasteiger partial charge in [-0.3, -0.25) is 0 Å². The van der Waals surface area contributed by atoms with Crippen molar-refractivity contribution in [2.75, 3.05) is 11.5 Å². The molecule has 0 unspecified atom stereocenters. The normalized spacial score (nSPS) is 10.3. The summed E-state index contributed by atoms with van der Waals surface area (Å²) in [5.41, 5.74) is 1.15. The summed E-state index contributed by atoms with van der Waals surface area (Å²) >= 11 is 2.43. The van der Waals surface area contributed by atoms with Crippen LogP contribution >= 0.6 is 23.5 Å². The van der Waals surface area contributed by atoms with Crippen LogP contribution in [0.5, 0.6) is 0 Å². The van der Waals surface area contributed by atoms with Gasteiger partial charge < -0.3 is 0 Å². The van der Waals surface area contributed by atoms with Crippen LogP contribution in [0.1, 0.15) is 6.92 Å². The highest BCUT2D eigenvalue weighted by Gasteiger charge is 1.88. The van der Waals surface area contributed by atoms with E-state index in [0.29, 0.717) is 5.75 Å². The van der Waals surface area contributed by atoms with Gasteiger partial charge in [-0.2, -0.15) is 10.5 Å². The van der Waals surface area contributed by atoms with Crippen molar-refractivity contribution >= 4 is 23.5 Å². The highest BCUT2D eigenvalue weighted by Crippen LogP contribution is 2.06. The molecule has 0 aliphatic carbocycles. The van der Waals surface area contributed by atoms with Gasteiger partial charge in [-0.25, -0.2) is 0 Å². The Balaban J connectivity index is 3.49. The van der Waals surface area contributed by atoms with E-state index in [1.54, 1.807) is 0 Å². The average molecular weight is 184 g/mol. The van der Waals surface area contributed by atoms with Crippen LogP contribution in [-0.4, -0.2) is 11.5 Å². The van der Waals surface area contributed by atoms with E-state index >= 15 is 0 Å². The lowest BCUT2D eigenvalue weighted by Crippen LogP contribution is -1.80. The van der Waals surface area contributed by atoms with Gasteiger partial charge in [-0.15, -0.1) is 0 Å². The summed E-state index contributed by atoms with van der Waals surface area (Å²) in [5, 5.41) is 20.4. The van der Waals surface area contributed by atoms with E-state index in [2.05, 4.69) is 0 Å². The van der Waals surface area contributed by atoms with Crippen molar-refractivity contribution in [3.63, 3.8) is 0 Å². The molecule has 0 aromatic rings. The Kier molecular flexibility index (Phi) is 7.13. The molecule has 0 aliphatic heterocycles. The first-order valence-corrected chi connectivity index (χ1v) is 4.95. The molecule has 11 heavy (non-hydrogen) atoms. The molecule has 0 aromatic carbocycles. The lowest BCUT2D eigenvalue weighted by atomic mass is 10.3. The number of rotatable bonds is 4. The third kappa shape index (κ3) is 7.32. The molecule has 0 bridgehead atoms. The Hall–Kier alpha value is -0.580. The van der Waals surface area contributed by atoms with Crippen LogP contribution in [0.4, 0.5) is 0 Å². The molecule has 0 saturated heterocycles. The van der Waals surface area contributed by atoms with E-state index in [9.17, 15) is 0 Å². The predicted molar refractivity (Wildman–Crippen MR) is 49.9 cm³/mol. The molecule has 0 aliphatic rings. The molecule has 2 nitrogen and oxygen atoms in total. The van der Waals surface area contributed by atoms with Crippen molar-refractivity contribution in [3.8, 4) is 10.8 Å². The Morgan fingerprint density at radius 2 is 2.00 bits per heavy atom. The first kappa shape index (κ1) is 10.4. The van der Waals surface area contributed by atoms with Crippen molar-refractivity contribution in [3.05, 3.63) is 11.6 Å². The van der Waals surface area contributed by atoms with E-state index < -0.39 is 0 Å². The van der Waals surface area contributed by atoms with E-state index in [0.717, 1.165) is 11.3 Å². The van der Waals surface area contributed by atoms with Gasteiger partial charge in [0.05, 0.1) is 0 Å². The van der Waals surface area contributed by atoms with Gasteiger partial charge in [0.2, 0.25) is 0 Å². The summed E-state index contributed by atoms with van der Waals surface area (Å²) in [5.74, 6) is 1.46. The molecule has 0 rings (SSSR count). The molecule has 0 radical (unpaired) electrons. The summed E-state index contributed by atoms with van der Waals surface area (Å²) in [6.07, 6.45) is 1.97. The lowest BCUT2D eigenvalue weighted by Gasteiger charge is -1.92. The zero-order chi connectivity index (χ0) is 8.53. The van der Waals surface area contributed by atoms with Gasteiger partial charge in [0.1, 0.15) is 10.8 Å². The summed E-state index contributed by atoms with van der Waals surface area (Å²) in [6, 6.07) is 0. The number of nitrogens with zero attached hydrogens (tertiary/aromatic N) is 2. The Bertz CT molecular complexity index is 209. The molecule has 58 valence electrons.